The molecular weight excluding hydrogens is 498 g/mol. The number of thioether (sulfide) groups is 1. The lowest BCUT2D eigenvalue weighted by Gasteiger charge is -2.36. The van der Waals surface area contributed by atoms with E-state index in [-0.39, 0.29) is 18.9 Å². The van der Waals surface area contributed by atoms with E-state index in [9.17, 15) is 9.59 Å². The molecule has 0 saturated heterocycles. The summed E-state index contributed by atoms with van der Waals surface area (Å²) in [5, 5.41) is 5.63. The van der Waals surface area contributed by atoms with Crippen LogP contribution in [-0.4, -0.2) is 35.1 Å². The summed E-state index contributed by atoms with van der Waals surface area (Å²) in [5.41, 5.74) is 3.67. The van der Waals surface area contributed by atoms with E-state index < -0.39 is 12.0 Å². The van der Waals surface area contributed by atoms with Gasteiger partial charge in [-0.25, -0.2) is 9.79 Å². The number of nitrogens with zero attached hydrogens (tertiary/aromatic N) is 2. The van der Waals surface area contributed by atoms with Crippen molar-refractivity contribution in [3.8, 4) is 5.75 Å². The number of nitrogens with one attached hydrogen (secondary N) is 1. The fourth-order valence-electron chi connectivity index (χ4n) is 4.22. The van der Waals surface area contributed by atoms with Gasteiger partial charge in [0.15, 0.2) is 5.17 Å². The van der Waals surface area contributed by atoms with Crippen LogP contribution in [0.5, 0.6) is 5.75 Å². The summed E-state index contributed by atoms with van der Waals surface area (Å²) < 4.78 is 11.6. The maximum absolute atomic E-state index is 13.3. The third kappa shape index (κ3) is 6.55. The molecule has 38 heavy (non-hydrogen) atoms. The van der Waals surface area contributed by atoms with E-state index in [1.165, 1.54) is 17.8 Å². The summed E-state index contributed by atoms with van der Waals surface area (Å²) in [7, 11) is 0. The van der Waals surface area contributed by atoms with Crippen LogP contribution in [0.4, 0.5) is 0 Å². The second-order valence-corrected chi connectivity index (χ2v) is 10.3. The number of amides is 1. The number of aliphatic imine (C=N–C) groups is 1. The Morgan fingerprint density at radius 2 is 1.97 bits per heavy atom. The minimum Gasteiger partial charge on any atom is -0.489 e. The van der Waals surface area contributed by atoms with Crippen molar-refractivity contribution < 1.29 is 19.1 Å². The first-order valence-corrected chi connectivity index (χ1v) is 13.5. The predicted molar refractivity (Wildman–Crippen MR) is 151 cm³/mol. The Morgan fingerprint density at radius 1 is 1.18 bits per heavy atom. The lowest BCUT2D eigenvalue weighted by atomic mass is 9.93. The lowest BCUT2D eigenvalue weighted by Crippen LogP contribution is -2.38. The van der Waals surface area contributed by atoms with Crippen molar-refractivity contribution in [1.29, 1.82) is 0 Å². The van der Waals surface area contributed by atoms with Crippen molar-refractivity contribution >= 4 is 28.8 Å². The van der Waals surface area contributed by atoms with Gasteiger partial charge in [0.1, 0.15) is 19.0 Å². The Balaban J connectivity index is 1.66. The second-order valence-electron chi connectivity index (χ2n) is 9.50. The monoisotopic (exact) mass is 531 g/mol. The predicted octanol–water partition coefficient (Wildman–Crippen LogP) is 5.73. The quantitative estimate of drug-likeness (QED) is 0.295. The van der Waals surface area contributed by atoms with Crippen LogP contribution < -0.4 is 10.1 Å². The van der Waals surface area contributed by atoms with Crippen LogP contribution >= 0.6 is 11.8 Å². The molecular formula is C30H33N3O4S. The molecule has 198 valence electrons. The van der Waals surface area contributed by atoms with E-state index in [0.717, 1.165) is 22.0 Å². The van der Waals surface area contributed by atoms with Crippen LogP contribution in [0.15, 0.2) is 94.6 Å². The van der Waals surface area contributed by atoms with Gasteiger partial charge in [0.05, 0.1) is 23.7 Å². The molecule has 2 heterocycles. The van der Waals surface area contributed by atoms with Gasteiger partial charge in [0.2, 0.25) is 5.91 Å². The maximum atomic E-state index is 13.3. The highest BCUT2D eigenvalue weighted by Crippen LogP contribution is 2.45. The second kappa shape index (κ2) is 12.6. The minimum absolute atomic E-state index is 0.0763. The molecule has 0 unspecified atom stereocenters. The van der Waals surface area contributed by atoms with Crippen LogP contribution in [0.3, 0.4) is 0 Å². The molecule has 0 spiro atoms. The molecule has 1 amide bonds. The molecule has 2 aliphatic rings. The van der Waals surface area contributed by atoms with Crippen LogP contribution in [0.1, 0.15) is 44.4 Å². The average molecular weight is 532 g/mol. The first-order chi connectivity index (χ1) is 18.4. The molecule has 1 atom stereocenters. The van der Waals surface area contributed by atoms with Gasteiger partial charge in [-0.15, -0.1) is 0 Å². The zero-order chi connectivity index (χ0) is 27.1. The topological polar surface area (TPSA) is 80.2 Å². The molecule has 7 nitrogen and oxygen atoms in total. The number of rotatable bonds is 11. The SMILES string of the molecule is C=CCOC(=O)C1=C(C)N=C2SC=C(CC(=O)NCC(C)C)N2[C@H]1c1cccc(OCc2ccccc2)c1. The number of amidine groups is 1. The number of hydrogen-bond donors (Lipinski definition) is 1. The molecule has 8 heteroatoms. The van der Waals surface area contributed by atoms with E-state index in [4.69, 9.17) is 14.5 Å². The lowest BCUT2D eigenvalue weighted by molar-refractivity contribution is -0.138. The normalized spacial score (nSPS) is 16.5. The summed E-state index contributed by atoms with van der Waals surface area (Å²) >= 11 is 1.45. The Morgan fingerprint density at radius 3 is 2.71 bits per heavy atom. The zero-order valence-electron chi connectivity index (χ0n) is 22.0. The maximum Gasteiger partial charge on any atom is 0.338 e. The van der Waals surface area contributed by atoms with E-state index in [2.05, 4.69) is 25.7 Å². The van der Waals surface area contributed by atoms with E-state index in [1.807, 2.05) is 71.8 Å². The van der Waals surface area contributed by atoms with E-state index in [1.54, 1.807) is 0 Å². The number of ether oxygens (including phenoxy) is 2. The number of esters is 1. The Kier molecular flexibility index (Phi) is 9.07. The van der Waals surface area contributed by atoms with Gasteiger partial charge >= 0.3 is 5.97 Å². The van der Waals surface area contributed by atoms with Crippen LogP contribution in [-0.2, 0) is 20.9 Å². The molecule has 2 aromatic rings. The van der Waals surface area contributed by atoms with Crippen LogP contribution in [0.25, 0.3) is 0 Å². The molecule has 0 saturated carbocycles. The first-order valence-electron chi connectivity index (χ1n) is 12.6. The standard InChI is InChI=1S/C30H33N3O4S/c1-5-14-36-29(35)27-21(4)32-30-33(24(19-38-30)16-26(34)31-17-20(2)3)28(27)23-12-9-13-25(15-23)37-18-22-10-7-6-8-11-22/h5-13,15,19-20,28H,1,14,16-18H2,2-4H3,(H,31,34)/t28-/m0/s1. The van der Waals surface area contributed by atoms with Gasteiger partial charge < -0.3 is 19.7 Å². The Labute approximate surface area is 228 Å². The number of carbonyl (C=O) groups excluding carboxylic acids is 2. The smallest absolute Gasteiger partial charge is 0.338 e. The molecule has 1 N–H and O–H groups in total. The summed E-state index contributed by atoms with van der Waals surface area (Å²) in [4.78, 5) is 32.7. The summed E-state index contributed by atoms with van der Waals surface area (Å²) in [6, 6.07) is 17.1. The van der Waals surface area contributed by atoms with Crippen molar-refractivity contribution in [2.45, 2.75) is 39.8 Å². The molecule has 4 rings (SSSR count). The van der Waals surface area contributed by atoms with Crippen molar-refractivity contribution in [3.05, 3.63) is 101 Å². The fourth-order valence-corrected chi connectivity index (χ4v) is 5.18. The van der Waals surface area contributed by atoms with E-state index >= 15 is 0 Å². The van der Waals surface area contributed by atoms with Gasteiger partial charge in [-0.1, -0.05) is 80.7 Å². The van der Waals surface area contributed by atoms with E-state index in [0.29, 0.717) is 36.1 Å². The number of allylic oxidation sites excluding steroid dienone is 1. The molecule has 2 aliphatic heterocycles. The van der Waals surface area contributed by atoms with Crippen LogP contribution in [0.2, 0.25) is 0 Å². The minimum atomic E-state index is -0.528. The molecule has 0 bridgehead atoms. The molecule has 0 aliphatic carbocycles. The van der Waals surface area contributed by atoms with Crippen molar-refractivity contribution in [2.75, 3.05) is 13.2 Å². The number of fused-ring (bicyclic) bond motifs is 1. The fraction of sp³-hybridized carbons (Fsp3) is 0.300. The first kappa shape index (κ1) is 27.3. The van der Waals surface area contributed by atoms with Gasteiger partial charge in [-0.05, 0) is 41.5 Å². The van der Waals surface area contributed by atoms with Crippen molar-refractivity contribution in [2.24, 2.45) is 10.9 Å². The molecule has 0 aromatic heterocycles. The van der Waals surface area contributed by atoms with Gasteiger partial charge in [0.25, 0.3) is 0 Å². The van der Waals surface area contributed by atoms with Gasteiger partial charge in [-0.3, -0.25) is 4.79 Å². The van der Waals surface area contributed by atoms with Crippen molar-refractivity contribution in [1.82, 2.24) is 10.2 Å². The highest BCUT2D eigenvalue weighted by molar-refractivity contribution is 8.16. The van der Waals surface area contributed by atoms with Crippen molar-refractivity contribution in [3.63, 3.8) is 0 Å². The largest absolute Gasteiger partial charge is 0.489 e. The number of benzene rings is 2. The Bertz CT molecular complexity index is 1280. The third-order valence-corrected chi connectivity index (χ3v) is 6.91. The highest BCUT2D eigenvalue weighted by Gasteiger charge is 2.41. The van der Waals surface area contributed by atoms with Gasteiger partial charge in [0, 0.05) is 12.2 Å². The molecule has 0 fully saturated rings. The van der Waals surface area contributed by atoms with Gasteiger partial charge in [-0.2, -0.15) is 0 Å². The number of carbonyl (C=O) groups is 2. The summed E-state index contributed by atoms with van der Waals surface area (Å²) in [5.74, 6) is 0.485. The molecule has 0 radical (unpaired) electrons. The molecule has 2 aromatic carbocycles. The Hall–Kier alpha value is -3.78. The summed E-state index contributed by atoms with van der Waals surface area (Å²) in [6.07, 6.45) is 1.71. The average Bonchev–Trinajstić information content (AvgIpc) is 3.30. The third-order valence-electron chi connectivity index (χ3n) is 6.02. The highest BCUT2D eigenvalue weighted by atomic mass is 32.2. The zero-order valence-corrected chi connectivity index (χ0v) is 22.8. The number of hydrogen-bond acceptors (Lipinski definition) is 7. The summed E-state index contributed by atoms with van der Waals surface area (Å²) in [6.45, 7) is 10.7. The van der Waals surface area contributed by atoms with Crippen LogP contribution in [0, 0.1) is 5.92 Å².